The lowest BCUT2D eigenvalue weighted by Crippen LogP contribution is -2.34. The zero-order valence-electron chi connectivity index (χ0n) is 7.79. The Morgan fingerprint density at radius 2 is 1.75 bits per heavy atom. The first kappa shape index (κ1) is 7.37. The van der Waals surface area contributed by atoms with Gasteiger partial charge in [-0.1, -0.05) is 0 Å². The molecule has 0 aromatic carbocycles. The molecule has 4 rings (SSSR count). The van der Waals surface area contributed by atoms with Crippen LogP contribution in [-0.2, 0) is 0 Å². The number of hydrogen-bond donors (Lipinski definition) is 1. The minimum Gasteiger partial charge on any atom is -0.393 e. The van der Waals surface area contributed by atoms with Crippen LogP contribution in [0, 0.1) is 23.2 Å². The van der Waals surface area contributed by atoms with E-state index in [1.807, 2.05) is 6.92 Å². The Morgan fingerprint density at radius 1 is 1.17 bits per heavy atom. The lowest BCUT2D eigenvalue weighted by atomic mass is 9.72. The molecule has 1 nitrogen and oxygen atoms in total. The molecule has 0 spiro atoms. The van der Waals surface area contributed by atoms with Crippen molar-refractivity contribution in [2.75, 3.05) is 0 Å². The van der Waals surface area contributed by atoms with Crippen LogP contribution in [0.5, 0.6) is 0 Å². The average Bonchev–Trinajstić information content (AvgIpc) is 2.37. The number of hydrogen-bond acceptors (Lipinski definition) is 1. The monoisotopic (exact) mass is 166 g/mol. The van der Waals surface area contributed by atoms with E-state index in [2.05, 4.69) is 0 Å². The summed E-state index contributed by atoms with van der Waals surface area (Å²) in [5.74, 6) is 2.86. The lowest BCUT2D eigenvalue weighted by molar-refractivity contribution is 0.0137. The molecule has 4 aliphatic rings. The summed E-state index contributed by atoms with van der Waals surface area (Å²) in [7, 11) is 0. The maximum absolute atomic E-state index is 9.85. The van der Waals surface area contributed by atoms with Crippen LogP contribution in [0.25, 0.3) is 0 Å². The quantitative estimate of drug-likeness (QED) is 0.633. The van der Waals surface area contributed by atoms with Crippen LogP contribution in [0.15, 0.2) is 0 Å². The van der Waals surface area contributed by atoms with Gasteiger partial charge in [0.25, 0.3) is 0 Å². The first-order valence-corrected chi connectivity index (χ1v) is 5.39. The van der Waals surface area contributed by atoms with Crippen LogP contribution in [0.3, 0.4) is 0 Å². The maximum atomic E-state index is 9.85. The van der Waals surface area contributed by atoms with Gasteiger partial charge in [0.1, 0.15) is 0 Å². The van der Waals surface area contributed by atoms with E-state index in [1.165, 1.54) is 32.1 Å². The van der Waals surface area contributed by atoms with E-state index >= 15 is 0 Å². The van der Waals surface area contributed by atoms with Crippen molar-refractivity contribution in [3.8, 4) is 0 Å². The number of aliphatic hydroxyl groups is 1. The fourth-order valence-electron chi connectivity index (χ4n) is 4.54. The van der Waals surface area contributed by atoms with Crippen LogP contribution in [0.4, 0.5) is 0 Å². The molecule has 4 bridgehead atoms. The third-order valence-electron chi connectivity index (χ3n) is 4.88. The van der Waals surface area contributed by atoms with Gasteiger partial charge in [-0.2, -0.15) is 0 Å². The third-order valence-corrected chi connectivity index (χ3v) is 4.88. The summed E-state index contributed by atoms with van der Waals surface area (Å²) < 4.78 is 0. The highest BCUT2D eigenvalue weighted by Gasteiger charge is 2.59. The Morgan fingerprint density at radius 3 is 2.17 bits per heavy atom. The lowest BCUT2D eigenvalue weighted by Gasteiger charge is -2.35. The van der Waals surface area contributed by atoms with Crippen molar-refractivity contribution in [3.05, 3.63) is 0 Å². The van der Waals surface area contributed by atoms with Crippen molar-refractivity contribution >= 4 is 0 Å². The zero-order valence-corrected chi connectivity index (χ0v) is 7.79. The fraction of sp³-hybridized carbons (Fsp3) is 1.00. The molecule has 4 aliphatic carbocycles. The van der Waals surface area contributed by atoms with Gasteiger partial charge < -0.3 is 5.11 Å². The maximum Gasteiger partial charge on any atom is 0.0571 e. The molecule has 0 saturated heterocycles. The molecule has 2 unspecified atom stereocenters. The minimum absolute atomic E-state index is 0.0437. The molecule has 0 aromatic rings. The number of aliphatic hydroxyl groups excluding tert-OH is 1. The van der Waals surface area contributed by atoms with Crippen LogP contribution in [0.2, 0.25) is 0 Å². The molecular weight excluding hydrogens is 148 g/mol. The largest absolute Gasteiger partial charge is 0.393 e. The minimum atomic E-state index is -0.0437. The van der Waals surface area contributed by atoms with Crippen molar-refractivity contribution < 1.29 is 5.11 Å². The van der Waals surface area contributed by atoms with Gasteiger partial charge in [0.05, 0.1) is 6.10 Å². The summed E-state index contributed by atoms with van der Waals surface area (Å²) >= 11 is 0. The summed E-state index contributed by atoms with van der Waals surface area (Å²) in [6.07, 6.45) is 6.98. The smallest absolute Gasteiger partial charge is 0.0571 e. The molecule has 1 heteroatoms. The van der Waals surface area contributed by atoms with Gasteiger partial charge in [0.2, 0.25) is 0 Å². The van der Waals surface area contributed by atoms with E-state index in [-0.39, 0.29) is 6.10 Å². The van der Waals surface area contributed by atoms with Gasteiger partial charge in [-0.25, -0.2) is 0 Å². The Kier molecular flexibility index (Phi) is 1.27. The van der Waals surface area contributed by atoms with Crippen molar-refractivity contribution in [2.45, 2.75) is 45.1 Å². The summed E-state index contributed by atoms with van der Waals surface area (Å²) in [6, 6.07) is 0. The Hall–Kier alpha value is -0.0400. The molecule has 3 atom stereocenters. The highest BCUT2D eigenvalue weighted by molar-refractivity contribution is 5.09. The third kappa shape index (κ3) is 0.693. The van der Waals surface area contributed by atoms with Gasteiger partial charge in [-0.05, 0) is 62.2 Å². The first-order chi connectivity index (χ1) is 5.71. The molecule has 4 fully saturated rings. The molecule has 12 heavy (non-hydrogen) atoms. The van der Waals surface area contributed by atoms with Gasteiger partial charge in [0, 0.05) is 0 Å². The molecule has 0 radical (unpaired) electrons. The van der Waals surface area contributed by atoms with Crippen LogP contribution < -0.4 is 0 Å². The second kappa shape index (κ2) is 2.06. The average molecular weight is 166 g/mol. The van der Waals surface area contributed by atoms with Crippen LogP contribution in [-0.4, -0.2) is 11.2 Å². The fourth-order valence-corrected chi connectivity index (χ4v) is 4.54. The summed E-state index contributed by atoms with van der Waals surface area (Å²) in [4.78, 5) is 0. The summed E-state index contributed by atoms with van der Waals surface area (Å²) in [5.41, 5.74) is 0.383. The first-order valence-electron chi connectivity index (χ1n) is 5.39. The standard InChI is InChI=1S/C11H18O/c1-7(12)11-5-8-2-9(6-11)4-10(11)3-8/h7-10,12H,2-6H2,1H3/t7-,8?,9?,10?,11?/m1/s1. The van der Waals surface area contributed by atoms with Crippen molar-refractivity contribution in [3.63, 3.8) is 0 Å². The SMILES string of the molecule is C[C@@H](O)C12CC3CC(CC1C3)C2. The normalized spacial score (nSPS) is 58.0. The zero-order chi connectivity index (χ0) is 8.34. The van der Waals surface area contributed by atoms with E-state index in [1.54, 1.807) is 0 Å². The Balaban J connectivity index is 1.98. The van der Waals surface area contributed by atoms with E-state index < -0.39 is 0 Å². The molecular formula is C11H18O. The van der Waals surface area contributed by atoms with Gasteiger partial charge in [-0.3, -0.25) is 0 Å². The van der Waals surface area contributed by atoms with E-state index in [0.29, 0.717) is 5.41 Å². The predicted octanol–water partition coefficient (Wildman–Crippen LogP) is 2.19. The van der Waals surface area contributed by atoms with Crippen molar-refractivity contribution in [2.24, 2.45) is 23.2 Å². The molecule has 0 aromatic heterocycles. The predicted molar refractivity (Wildman–Crippen MR) is 47.7 cm³/mol. The Labute approximate surface area is 74.2 Å². The Bertz CT molecular complexity index is 195. The van der Waals surface area contributed by atoms with Crippen LogP contribution in [0.1, 0.15) is 39.0 Å². The molecule has 1 N–H and O–H groups in total. The second-order valence-corrected chi connectivity index (χ2v) is 5.45. The molecule has 0 aliphatic heterocycles. The van der Waals surface area contributed by atoms with Gasteiger partial charge in [-0.15, -0.1) is 0 Å². The molecule has 68 valence electrons. The van der Waals surface area contributed by atoms with Crippen LogP contribution >= 0.6 is 0 Å². The topological polar surface area (TPSA) is 20.2 Å². The van der Waals surface area contributed by atoms with E-state index in [9.17, 15) is 5.11 Å². The van der Waals surface area contributed by atoms with Crippen molar-refractivity contribution in [1.82, 2.24) is 0 Å². The van der Waals surface area contributed by atoms with Crippen molar-refractivity contribution in [1.29, 1.82) is 0 Å². The second-order valence-electron chi connectivity index (χ2n) is 5.45. The highest BCUT2D eigenvalue weighted by Crippen LogP contribution is 2.66. The molecule has 0 heterocycles. The summed E-state index contributed by atoms with van der Waals surface area (Å²) in [5, 5.41) is 9.85. The molecule has 0 amide bonds. The molecule has 4 saturated carbocycles. The summed E-state index contributed by atoms with van der Waals surface area (Å²) in [6.45, 7) is 2.02. The van der Waals surface area contributed by atoms with Gasteiger partial charge >= 0.3 is 0 Å². The highest BCUT2D eigenvalue weighted by atomic mass is 16.3. The number of rotatable bonds is 1. The van der Waals surface area contributed by atoms with Gasteiger partial charge in [0.15, 0.2) is 0 Å². The van der Waals surface area contributed by atoms with E-state index in [0.717, 1.165) is 17.8 Å². The van der Waals surface area contributed by atoms with E-state index in [4.69, 9.17) is 0 Å².